The fourth-order valence-electron chi connectivity index (χ4n) is 8.28. The highest BCUT2D eigenvalue weighted by Gasteiger charge is 2.60. The van der Waals surface area contributed by atoms with Crippen LogP contribution in [-0.2, 0) is 16.6 Å². The quantitative estimate of drug-likeness (QED) is 0.272. The van der Waals surface area contributed by atoms with E-state index in [9.17, 15) is 9.59 Å². The number of carbonyl (C=O) groups is 2. The van der Waals surface area contributed by atoms with Gasteiger partial charge in [0.15, 0.2) is 5.78 Å². The minimum Gasteiger partial charge on any atom is -0.382 e. The molecule has 3 N–H and O–H groups in total. The molecule has 4 bridgehead atoms. The normalized spacial score (nSPS) is 26.0. The SMILES string of the molecule is CC#CC(=O)NC12CC3CC(C1)CC(c1nc(-c4ccc(C(=O)Cc5ccccn5)cc4)c4c(N)nccn14)(C3)C2. The fourth-order valence-corrected chi connectivity index (χ4v) is 8.28. The first-order valence-electron chi connectivity index (χ1n) is 14.3. The summed E-state index contributed by atoms with van der Waals surface area (Å²) in [6.07, 6.45) is 11.8. The second-order valence-corrected chi connectivity index (χ2v) is 12.2. The fraction of sp³-hybridized carbons (Fsp3) is 0.364. The van der Waals surface area contributed by atoms with Crippen LogP contribution in [0.25, 0.3) is 16.8 Å². The lowest BCUT2D eigenvalue weighted by Crippen LogP contribution is -2.64. The van der Waals surface area contributed by atoms with Gasteiger partial charge in [-0.2, -0.15) is 0 Å². The van der Waals surface area contributed by atoms with Crippen LogP contribution in [0.3, 0.4) is 0 Å². The number of nitrogen functional groups attached to an aromatic ring is 1. The van der Waals surface area contributed by atoms with Gasteiger partial charge in [-0.1, -0.05) is 36.3 Å². The highest BCUT2D eigenvalue weighted by atomic mass is 16.1. The molecule has 0 aliphatic heterocycles. The van der Waals surface area contributed by atoms with Crippen molar-refractivity contribution in [2.24, 2.45) is 11.8 Å². The molecule has 3 aromatic heterocycles. The molecule has 2 atom stereocenters. The summed E-state index contributed by atoms with van der Waals surface area (Å²) in [5.74, 6) is 7.73. The molecule has 41 heavy (non-hydrogen) atoms. The summed E-state index contributed by atoms with van der Waals surface area (Å²) in [4.78, 5) is 39.5. The first kappa shape index (κ1) is 25.5. The molecule has 0 saturated heterocycles. The van der Waals surface area contributed by atoms with Crippen LogP contribution >= 0.6 is 0 Å². The van der Waals surface area contributed by atoms with Crippen LogP contribution in [0.4, 0.5) is 5.82 Å². The lowest BCUT2D eigenvalue weighted by atomic mass is 9.46. The van der Waals surface area contributed by atoms with E-state index in [1.807, 2.05) is 48.7 Å². The number of rotatable bonds is 6. The molecule has 8 heteroatoms. The highest BCUT2D eigenvalue weighted by molar-refractivity contribution is 5.98. The highest BCUT2D eigenvalue weighted by Crippen LogP contribution is 2.62. The van der Waals surface area contributed by atoms with Crippen molar-refractivity contribution in [3.05, 3.63) is 78.1 Å². The minimum atomic E-state index is -0.259. The number of nitrogens with zero attached hydrogens (tertiary/aromatic N) is 4. The Morgan fingerprint density at radius 1 is 1.05 bits per heavy atom. The molecule has 4 aliphatic rings. The Hall–Kier alpha value is -4.51. The maximum atomic E-state index is 12.9. The van der Waals surface area contributed by atoms with Crippen molar-refractivity contribution in [3.8, 4) is 23.1 Å². The average Bonchev–Trinajstić information content (AvgIpc) is 3.35. The van der Waals surface area contributed by atoms with Gasteiger partial charge in [-0.3, -0.25) is 19.0 Å². The number of carbonyl (C=O) groups excluding carboxylic acids is 2. The monoisotopic (exact) mass is 544 g/mol. The van der Waals surface area contributed by atoms with Crippen LogP contribution in [0.15, 0.2) is 61.1 Å². The molecule has 206 valence electrons. The zero-order chi connectivity index (χ0) is 28.2. The van der Waals surface area contributed by atoms with E-state index < -0.39 is 0 Å². The van der Waals surface area contributed by atoms with Gasteiger partial charge in [-0.05, 0) is 75.3 Å². The Bertz CT molecular complexity index is 1720. The summed E-state index contributed by atoms with van der Waals surface area (Å²) in [6.45, 7) is 1.69. The largest absolute Gasteiger partial charge is 0.382 e. The topological polar surface area (TPSA) is 115 Å². The Labute approximate surface area is 238 Å². The van der Waals surface area contributed by atoms with Gasteiger partial charge in [0.05, 0.1) is 6.42 Å². The van der Waals surface area contributed by atoms with Crippen LogP contribution in [0.2, 0.25) is 0 Å². The standard InChI is InChI=1S/C33H32N6O2/c1-2-5-27(41)38-33-18-21-14-22(19-33)17-32(16-21,20-33)31-37-28(29-30(34)36-12-13-39(29)31)24-9-7-23(8-10-24)26(40)15-25-6-3-4-11-35-25/h3-4,6-13,21-22H,14-20H2,1H3,(H2,34,36)(H,38,41). The van der Waals surface area contributed by atoms with E-state index in [2.05, 4.69) is 31.5 Å². The van der Waals surface area contributed by atoms with E-state index >= 15 is 0 Å². The van der Waals surface area contributed by atoms with E-state index in [1.54, 1.807) is 19.3 Å². The summed E-state index contributed by atoms with van der Waals surface area (Å²) in [5, 5.41) is 3.33. The number of benzene rings is 1. The lowest BCUT2D eigenvalue weighted by Gasteiger charge is -2.61. The average molecular weight is 545 g/mol. The van der Waals surface area contributed by atoms with E-state index in [4.69, 9.17) is 10.7 Å². The number of nitrogens with one attached hydrogen (secondary N) is 1. The molecular weight excluding hydrogens is 512 g/mol. The second kappa shape index (κ2) is 9.55. The van der Waals surface area contributed by atoms with Crippen molar-refractivity contribution in [3.63, 3.8) is 0 Å². The zero-order valence-corrected chi connectivity index (χ0v) is 23.1. The summed E-state index contributed by atoms with van der Waals surface area (Å²) < 4.78 is 2.12. The number of fused-ring (bicyclic) bond motifs is 1. The molecule has 4 aromatic rings. The number of amides is 1. The predicted octanol–water partition coefficient (Wildman–Crippen LogP) is 4.53. The molecule has 4 fully saturated rings. The number of aromatic nitrogens is 4. The van der Waals surface area contributed by atoms with Crippen molar-refractivity contribution in [1.82, 2.24) is 24.7 Å². The Morgan fingerprint density at radius 2 is 1.83 bits per heavy atom. The lowest BCUT2D eigenvalue weighted by molar-refractivity contribution is -0.122. The third-order valence-electron chi connectivity index (χ3n) is 9.28. The van der Waals surface area contributed by atoms with Crippen molar-refractivity contribution < 1.29 is 9.59 Å². The second-order valence-electron chi connectivity index (χ2n) is 12.2. The van der Waals surface area contributed by atoms with Crippen molar-refractivity contribution in [2.45, 2.75) is 62.8 Å². The first-order chi connectivity index (χ1) is 19.9. The summed E-state index contributed by atoms with van der Waals surface area (Å²) in [6, 6.07) is 13.2. The van der Waals surface area contributed by atoms with Crippen molar-refractivity contribution in [1.29, 1.82) is 0 Å². The van der Waals surface area contributed by atoms with E-state index in [0.717, 1.165) is 60.4 Å². The van der Waals surface area contributed by atoms with Crippen LogP contribution in [0.5, 0.6) is 0 Å². The van der Waals surface area contributed by atoms with Crippen molar-refractivity contribution in [2.75, 3.05) is 5.73 Å². The zero-order valence-electron chi connectivity index (χ0n) is 23.1. The van der Waals surface area contributed by atoms with Gasteiger partial charge in [-0.25, -0.2) is 9.97 Å². The van der Waals surface area contributed by atoms with Crippen LogP contribution in [0.1, 0.15) is 67.3 Å². The summed E-state index contributed by atoms with van der Waals surface area (Å²) in [5.41, 5.74) is 9.85. The number of anilines is 1. The molecule has 0 radical (unpaired) electrons. The third-order valence-corrected chi connectivity index (χ3v) is 9.28. The van der Waals surface area contributed by atoms with E-state index in [1.165, 1.54) is 6.42 Å². The van der Waals surface area contributed by atoms with Gasteiger partial charge >= 0.3 is 0 Å². The maximum Gasteiger partial charge on any atom is 0.296 e. The predicted molar refractivity (Wildman–Crippen MR) is 156 cm³/mol. The molecule has 1 aromatic carbocycles. The molecule has 4 saturated carbocycles. The van der Waals surface area contributed by atoms with Crippen LogP contribution in [-0.4, -0.2) is 36.6 Å². The van der Waals surface area contributed by atoms with Crippen LogP contribution < -0.4 is 11.1 Å². The molecule has 3 heterocycles. The Kier molecular flexibility index (Phi) is 5.93. The number of ketones is 1. The molecule has 2 unspecified atom stereocenters. The smallest absolute Gasteiger partial charge is 0.296 e. The molecule has 4 aliphatic carbocycles. The molecule has 0 spiro atoms. The maximum absolute atomic E-state index is 12.9. The molecule has 1 amide bonds. The number of hydrogen-bond donors (Lipinski definition) is 2. The molecule has 8 nitrogen and oxygen atoms in total. The third kappa shape index (κ3) is 4.37. The summed E-state index contributed by atoms with van der Waals surface area (Å²) in [7, 11) is 0. The van der Waals surface area contributed by atoms with Gasteiger partial charge < -0.3 is 11.1 Å². The number of imidazole rings is 1. The minimum absolute atomic E-state index is 0.0143. The van der Waals surface area contributed by atoms with Gasteiger partial charge in [0.1, 0.15) is 22.9 Å². The van der Waals surface area contributed by atoms with Crippen molar-refractivity contribution >= 4 is 23.0 Å². The van der Waals surface area contributed by atoms with Gasteiger partial charge in [0.25, 0.3) is 5.91 Å². The number of Topliss-reactive ketones (excluding diaryl/α,β-unsaturated/α-hetero) is 1. The van der Waals surface area contributed by atoms with Crippen LogP contribution in [0, 0.1) is 23.7 Å². The van der Waals surface area contributed by atoms with Gasteiger partial charge in [0.2, 0.25) is 0 Å². The van der Waals surface area contributed by atoms with E-state index in [0.29, 0.717) is 23.2 Å². The van der Waals surface area contributed by atoms with Gasteiger partial charge in [0, 0.05) is 46.4 Å². The Balaban J connectivity index is 1.26. The first-order valence-corrected chi connectivity index (χ1v) is 14.3. The number of nitrogens with two attached hydrogens (primary N) is 1. The number of pyridine rings is 1. The Morgan fingerprint density at radius 3 is 2.54 bits per heavy atom. The summed E-state index contributed by atoms with van der Waals surface area (Å²) >= 11 is 0. The number of hydrogen-bond acceptors (Lipinski definition) is 6. The van der Waals surface area contributed by atoms with Gasteiger partial charge in [-0.15, -0.1) is 0 Å². The van der Waals surface area contributed by atoms with E-state index in [-0.39, 0.29) is 29.1 Å². The molecule has 8 rings (SSSR count). The molecular formula is C33H32N6O2.